The van der Waals surface area contributed by atoms with Crippen LogP contribution in [0.1, 0.15) is 11.1 Å². The minimum Gasteiger partial charge on any atom is -0.459 e. The number of esters is 1. The molecule has 0 saturated heterocycles. The van der Waals surface area contributed by atoms with Crippen molar-refractivity contribution in [3.63, 3.8) is 0 Å². The van der Waals surface area contributed by atoms with Crippen LogP contribution in [0, 0.1) is 0 Å². The van der Waals surface area contributed by atoms with Crippen molar-refractivity contribution >= 4 is 28.0 Å². The largest absolute Gasteiger partial charge is 0.459 e. The summed E-state index contributed by atoms with van der Waals surface area (Å²) in [7, 11) is 0. The van der Waals surface area contributed by atoms with Gasteiger partial charge in [0.25, 0.3) is 0 Å². The van der Waals surface area contributed by atoms with Crippen molar-refractivity contribution < 1.29 is 19.1 Å². The number of nitrogens with one attached hydrogen (secondary N) is 1. The predicted octanol–water partition coefficient (Wildman–Crippen LogP) is 3.42. The number of ether oxygens (including phenoxy) is 2. The van der Waals surface area contributed by atoms with Crippen LogP contribution < -0.4 is 5.32 Å². The van der Waals surface area contributed by atoms with E-state index in [0.717, 1.165) is 11.1 Å². The molecule has 0 aliphatic carbocycles. The second kappa shape index (κ2) is 9.72. The molecule has 6 heteroatoms. The van der Waals surface area contributed by atoms with E-state index in [0.29, 0.717) is 0 Å². The Morgan fingerprint density at radius 1 is 0.875 bits per heavy atom. The van der Waals surface area contributed by atoms with Crippen molar-refractivity contribution in [1.82, 2.24) is 5.32 Å². The number of halogens is 1. The SMILES string of the molecule is O=C(N[C@@H](CBr)C(=O)OCc1ccccc1)OCc1ccccc1. The van der Waals surface area contributed by atoms with Gasteiger partial charge in [0.2, 0.25) is 0 Å². The Bertz CT molecular complexity index is 649. The first-order valence-electron chi connectivity index (χ1n) is 7.43. The van der Waals surface area contributed by atoms with Crippen LogP contribution in [-0.2, 0) is 27.5 Å². The molecule has 0 unspecified atom stereocenters. The van der Waals surface area contributed by atoms with Crippen LogP contribution in [0.3, 0.4) is 0 Å². The van der Waals surface area contributed by atoms with Gasteiger partial charge in [0.05, 0.1) is 0 Å². The molecule has 2 rings (SSSR count). The number of rotatable bonds is 7. The second-order valence-corrected chi connectivity index (χ2v) is 5.65. The zero-order valence-corrected chi connectivity index (χ0v) is 14.6. The molecule has 0 radical (unpaired) electrons. The fourth-order valence-electron chi connectivity index (χ4n) is 1.90. The Morgan fingerprint density at radius 3 is 1.88 bits per heavy atom. The molecule has 126 valence electrons. The Kier molecular flexibility index (Phi) is 7.29. The fourth-order valence-corrected chi connectivity index (χ4v) is 2.32. The third-order valence-electron chi connectivity index (χ3n) is 3.17. The van der Waals surface area contributed by atoms with Gasteiger partial charge in [-0.25, -0.2) is 9.59 Å². The molecule has 2 aromatic carbocycles. The molecule has 0 saturated carbocycles. The van der Waals surface area contributed by atoms with E-state index in [1.54, 1.807) is 0 Å². The van der Waals surface area contributed by atoms with Crippen LogP contribution in [0.25, 0.3) is 0 Å². The maximum absolute atomic E-state index is 12.0. The fraction of sp³-hybridized carbons (Fsp3) is 0.222. The van der Waals surface area contributed by atoms with Crippen molar-refractivity contribution in [1.29, 1.82) is 0 Å². The van der Waals surface area contributed by atoms with E-state index in [4.69, 9.17) is 9.47 Å². The Morgan fingerprint density at radius 2 is 1.38 bits per heavy atom. The maximum atomic E-state index is 12.0. The van der Waals surface area contributed by atoms with Crippen molar-refractivity contribution in [2.24, 2.45) is 0 Å². The lowest BCUT2D eigenvalue weighted by Gasteiger charge is -2.15. The average Bonchev–Trinajstić information content (AvgIpc) is 2.64. The standard InChI is InChI=1S/C18H18BrNO4/c19-11-16(17(21)23-12-14-7-3-1-4-8-14)20-18(22)24-13-15-9-5-2-6-10-15/h1-10,16H,11-13H2,(H,20,22)/t16-/m0/s1. The number of amides is 1. The van der Waals surface area contributed by atoms with Crippen LogP contribution in [0.4, 0.5) is 4.79 Å². The van der Waals surface area contributed by atoms with E-state index in [-0.39, 0.29) is 18.5 Å². The first-order valence-corrected chi connectivity index (χ1v) is 8.55. The highest BCUT2D eigenvalue weighted by Gasteiger charge is 2.21. The van der Waals surface area contributed by atoms with Crippen molar-refractivity contribution in [2.45, 2.75) is 19.3 Å². The highest BCUT2D eigenvalue weighted by Crippen LogP contribution is 2.04. The molecule has 2 aromatic rings. The maximum Gasteiger partial charge on any atom is 0.408 e. The van der Waals surface area contributed by atoms with Gasteiger partial charge in [0.15, 0.2) is 0 Å². The van der Waals surface area contributed by atoms with E-state index in [2.05, 4.69) is 21.2 Å². The number of alkyl carbamates (subject to hydrolysis) is 1. The summed E-state index contributed by atoms with van der Waals surface area (Å²) in [6.45, 7) is 0.296. The number of carbonyl (C=O) groups is 2. The molecule has 1 N–H and O–H groups in total. The lowest BCUT2D eigenvalue weighted by Crippen LogP contribution is -2.43. The van der Waals surface area contributed by atoms with Crippen LogP contribution in [-0.4, -0.2) is 23.4 Å². The topological polar surface area (TPSA) is 64.6 Å². The summed E-state index contributed by atoms with van der Waals surface area (Å²) in [6, 6.07) is 17.8. The summed E-state index contributed by atoms with van der Waals surface area (Å²) >= 11 is 3.20. The minimum atomic E-state index is -0.808. The van der Waals surface area contributed by atoms with E-state index < -0.39 is 18.1 Å². The lowest BCUT2D eigenvalue weighted by molar-refractivity contribution is -0.146. The van der Waals surface area contributed by atoms with Crippen molar-refractivity contribution in [2.75, 3.05) is 5.33 Å². The molecule has 1 atom stereocenters. The molecule has 24 heavy (non-hydrogen) atoms. The molecule has 0 spiro atoms. The third-order valence-corrected chi connectivity index (χ3v) is 3.82. The van der Waals surface area contributed by atoms with Crippen LogP contribution in [0.2, 0.25) is 0 Å². The Labute approximate surface area is 149 Å². The number of hydrogen-bond donors (Lipinski definition) is 1. The van der Waals surface area contributed by atoms with Gasteiger partial charge in [-0.15, -0.1) is 0 Å². The van der Waals surface area contributed by atoms with Gasteiger partial charge in [-0.1, -0.05) is 76.6 Å². The first kappa shape index (κ1) is 18.0. The van der Waals surface area contributed by atoms with Gasteiger partial charge in [-0.3, -0.25) is 0 Å². The van der Waals surface area contributed by atoms with Crippen LogP contribution in [0.5, 0.6) is 0 Å². The molecular formula is C18H18BrNO4. The highest BCUT2D eigenvalue weighted by molar-refractivity contribution is 9.09. The van der Waals surface area contributed by atoms with E-state index in [9.17, 15) is 9.59 Å². The Hall–Kier alpha value is -2.34. The molecule has 5 nitrogen and oxygen atoms in total. The minimum absolute atomic E-state index is 0.140. The van der Waals surface area contributed by atoms with Gasteiger partial charge >= 0.3 is 12.1 Å². The molecule has 0 aliphatic heterocycles. The molecular weight excluding hydrogens is 374 g/mol. The molecule has 0 aliphatic rings. The molecule has 1 amide bonds. The quantitative estimate of drug-likeness (QED) is 0.579. The molecule has 0 fully saturated rings. The number of hydrogen-bond acceptors (Lipinski definition) is 4. The summed E-state index contributed by atoms with van der Waals surface area (Å²) < 4.78 is 10.3. The summed E-state index contributed by atoms with van der Waals surface area (Å²) in [5.41, 5.74) is 1.75. The van der Waals surface area contributed by atoms with Gasteiger partial charge in [0.1, 0.15) is 19.3 Å². The second-order valence-electron chi connectivity index (χ2n) is 5.01. The molecule has 0 heterocycles. The average molecular weight is 392 g/mol. The number of benzene rings is 2. The Balaban J connectivity index is 1.77. The van der Waals surface area contributed by atoms with Gasteiger partial charge in [-0.2, -0.15) is 0 Å². The summed E-state index contributed by atoms with van der Waals surface area (Å²) in [6.07, 6.45) is -0.667. The normalized spacial score (nSPS) is 11.4. The monoisotopic (exact) mass is 391 g/mol. The third kappa shape index (κ3) is 6.04. The number of alkyl halides is 1. The van der Waals surface area contributed by atoms with E-state index >= 15 is 0 Å². The van der Waals surface area contributed by atoms with E-state index in [1.807, 2.05) is 60.7 Å². The zero-order valence-electron chi connectivity index (χ0n) is 13.0. The molecule has 0 bridgehead atoms. The summed E-state index contributed by atoms with van der Waals surface area (Å²) in [5.74, 6) is -0.521. The molecule has 0 aromatic heterocycles. The predicted molar refractivity (Wildman–Crippen MR) is 93.6 cm³/mol. The van der Waals surface area contributed by atoms with Gasteiger partial charge < -0.3 is 14.8 Å². The zero-order chi connectivity index (χ0) is 17.2. The van der Waals surface area contributed by atoms with Crippen molar-refractivity contribution in [3.8, 4) is 0 Å². The first-order chi connectivity index (χ1) is 11.7. The summed E-state index contributed by atoms with van der Waals surface area (Å²) in [4.78, 5) is 23.8. The van der Waals surface area contributed by atoms with Crippen LogP contribution in [0.15, 0.2) is 60.7 Å². The summed E-state index contributed by atoms with van der Waals surface area (Å²) in [5, 5.41) is 2.73. The smallest absolute Gasteiger partial charge is 0.408 e. The highest BCUT2D eigenvalue weighted by atomic mass is 79.9. The van der Waals surface area contributed by atoms with Crippen molar-refractivity contribution in [3.05, 3.63) is 71.8 Å². The van der Waals surface area contributed by atoms with Crippen LogP contribution >= 0.6 is 15.9 Å². The van der Waals surface area contributed by atoms with Gasteiger partial charge in [0, 0.05) is 5.33 Å². The van der Waals surface area contributed by atoms with Gasteiger partial charge in [-0.05, 0) is 11.1 Å². The number of carbonyl (C=O) groups excluding carboxylic acids is 2. The lowest BCUT2D eigenvalue weighted by atomic mass is 10.2. The van der Waals surface area contributed by atoms with E-state index in [1.165, 1.54) is 0 Å².